The fourth-order valence-corrected chi connectivity index (χ4v) is 1.85. The van der Waals surface area contributed by atoms with Crippen molar-refractivity contribution in [3.63, 3.8) is 0 Å². The van der Waals surface area contributed by atoms with E-state index in [1.54, 1.807) is 12.3 Å². The maximum Gasteiger partial charge on any atom is 0.224 e. The highest BCUT2D eigenvalue weighted by molar-refractivity contribution is 7.99. The first kappa shape index (κ1) is 10.9. The standard InChI is InChI=1S/C8H7ClN6S/c9-7-13-3-4(6(10)15-7)16-5-1-2-12-8(11)14-5/h1-3H,(H2,10,13,15)(H2,11,12,14). The van der Waals surface area contributed by atoms with Gasteiger partial charge in [-0.3, -0.25) is 0 Å². The zero-order valence-corrected chi connectivity index (χ0v) is 9.53. The Morgan fingerprint density at radius 3 is 2.69 bits per heavy atom. The number of hydrogen-bond donors (Lipinski definition) is 2. The van der Waals surface area contributed by atoms with Crippen LogP contribution in [0.25, 0.3) is 0 Å². The lowest BCUT2D eigenvalue weighted by molar-refractivity contribution is 1.06. The molecule has 0 spiro atoms. The Bertz CT molecular complexity index is 520. The first-order chi connectivity index (χ1) is 7.65. The first-order valence-electron chi connectivity index (χ1n) is 4.19. The molecule has 2 aromatic heterocycles. The van der Waals surface area contributed by atoms with Crippen LogP contribution in [0.3, 0.4) is 0 Å². The molecule has 0 aliphatic carbocycles. The van der Waals surface area contributed by atoms with Crippen molar-refractivity contribution in [2.75, 3.05) is 11.5 Å². The molecule has 2 rings (SSSR count). The van der Waals surface area contributed by atoms with Crippen LogP contribution < -0.4 is 11.5 Å². The molecule has 0 radical (unpaired) electrons. The Hall–Kier alpha value is -1.60. The summed E-state index contributed by atoms with van der Waals surface area (Å²) in [6.07, 6.45) is 3.10. The second kappa shape index (κ2) is 4.50. The van der Waals surface area contributed by atoms with E-state index in [2.05, 4.69) is 19.9 Å². The Morgan fingerprint density at radius 1 is 1.19 bits per heavy atom. The van der Waals surface area contributed by atoms with Crippen molar-refractivity contribution in [2.24, 2.45) is 0 Å². The van der Waals surface area contributed by atoms with Gasteiger partial charge < -0.3 is 11.5 Å². The van der Waals surface area contributed by atoms with Gasteiger partial charge in [0.2, 0.25) is 11.2 Å². The van der Waals surface area contributed by atoms with E-state index in [4.69, 9.17) is 23.1 Å². The van der Waals surface area contributed by atoms with E-state index >= 15 is 0 Å². The highest BCUT2D eigenvalue weighted by Gasteiger charge is 2.06. The summed E-state index contributed by atoms with van der Waals surface area (Å²) >= 11 is 6.89. The predicted octanol–water partition coefficient (Wildman–Crippen LogP) is 1.24. The smallest absolute Gasteiger partial charge is 0.224 e. The maximum absolute atomic E-state index is 5.68. The van der Waals surface area contributed by atoms with Crippen LogP contribution in [-0.4, -0.2) is 19.9 Å². The lowest BCUT2D eigenvalue weighted by Crippen LogP contribution is -1.97. The number of rotatable bonds is 2. The summed E-state index contributed by atoms with van der Waals surface area (Å²) in [4.78, 5) is 16.1. The van der Waals surface area contributed by atoms with Gasteiger partial charge in [0.15, 0.2) is 0 Å². The van der Waals surface area contributed by atoms with Gasteiger partial charge in [-0.05, 0) is 17.7 Å². The molecule has 0 aliphatic heterocycles. The van der Waals surface area contributed by atoms with Crippen LogP contribution in [0.15, 0.2) is 28.4 Å². The largest absolute Gasteiger partial charge is 0.383 e. The van der Waals surface area contributed by atoms with Crippen LogP contribution in [0.5, 0.6) is 0 Å². The van der Waals surface area contributed by atoms with Crippen LogP contribution in [-0.2, 0) is 0 Å². The molecule has 0 saturated heterocycles. The number of nitrogen functional groups attached to an aromatic ring is 2. The third-order valence-electron chi connectivity index (χ3n) is 1.62. The first-order valence-corrected chi connectivity index (χ1v) is 5.39. The molecule has 2 heterocycles. The van der Waals surface area contributed by atoms with Gasteiger partial charge in [-0.2, -0.15) is 4.98 Å². The molecular formula is C8H7ClN6S. The van der Waals surface area contributed by atoms with Gasteiger partial charge in [-0.1, -0.05) is 11.8 Å². The molecule has 0 fully saturated rings. The maximum atomic E-state index is 5.68. The molecule has 0 bridgehead atoms. The van der Waals surface area contributed by atoms with Crippen molar-refractivity contribution in [1.82, 2.24) is 19.9 Å². The zero-order valence-electron chi connectivity index (χ0n) is 7.96. The van der Waals surface area contributed by atoms with Crippen molar-refractivity contribution in [1.29, 1.82) is 0 Å². The molecule has 0 saturated carbocycles. The van der Waals surface area contributed by atoms with Crippen LogP contribution >= 0.6 is 23.4 Å². The minimum absolute atomic E-state index is 0.115. The summed E-state index contributed by atoms with van der Waals surface area (Å²) < 4.78 is 0. The quantitative estimate of drug-likeness (QED) is 0.614. The molecule has 0 aromatic carbocycles. The second-order valence-electron chi connectivity index (χ2n) is 2.74. The zero-order chi connectivity index (χ0) is 11.5. The van der Waals surface area contributed by atoms with Crippen molar-refractivity contribution in [2.45, 2.75) is 9.92 Å². The molecule has 82 valence electrons. The number of aromatic nitrogens is 4. The average Bonchev–Trinajstić information content (AvgIpc) is 2.22. The molecule has 6 nitrogen and oxygen atoms in total. The Balaban J connectivity index is 2.27. The van der Waals surface area contributed by atoms with E-state index in [9.17, 15) is 0 Å². The van der Waals surface area contributed by atoms with Gasteiger partial charge in [0, 0.05) is 12.4 Å². The van der Waals surface area contributed by atoms with Gasteiger partial charge in [0.25, 0.3) is 0 Å². The molecule has 8 heteroatoms. The summed E-state index contributed by atoms with van der Waals surface area (Å²) in [6, 6.07) is 1.72. The molecule has 0 amide bonds. The highest BCUT2D eigenvalue weighted by Crippen LogP contribution is 2.29. The number of nitrogens with zero attached hydrogens (tertiary/aromatic N) is 4. The van der Waals surface area contributed by atoms with E-state index in [-0.39, 0.29) is 11.2 Å². The average molecular weight is 255 g/mol. The minimum Gasteiger partial charge on any atom is -0.383 e. The Kier molecular flexibility index (Phi) is 3.07. The lowest BCUT2D eigenvalue weighted by atomic mass is 10.6. The van der Waals surface area contributed by atoms with E-state index in [1.165, 1.54) is 18.0 Å². The topological polar surface area (TPSA) is 104 Å². The summed E-state index contributed by atoms with van der Waals surface area (Å²) in [7, 11) is 0. The normalized spacial score (nSPS) is 10.3. The van der Waals surface area contributed by atoms with Crippen LogP contribution in [0.1, 0.15) is 0 Å². The van der Waals surface area contributed by atoms with Crippen molar-refractivity contribution in [3.05, 3.63) is 23.7 Å². The van der Waals surface area contributed by atoms with Gasteiger partial charge in [-0.25, -0.2) is 15.0 Å². The lowest BCUT2D eigenvalue weighted by Gasteiger charge is -2.03. The number of hydrogen-bond acceptors (Lipinski definition) is 7. The molecule has 0 aliphatic rings. The van der Waals surface area contributed by atoms with Gasteiger partial charge in [-0.15, -0.1) is 0 Å². The monoisotopic (exact) mass is 254 g/mol. The van der Waals surface area contributed by atoms with Crippen LogP contribution in [0, 0.1) is 0 Å². The van der Waals surface area contributed by atoms with E-state index in [0.29, 0.717) is 15.7 Å². The minimum atomic E-state index is 0.115. The van der Waals surface area contributed by atoms with E-state index in [1.807, 2.05) is 0 Å². The number of nitrogens with two attached hydrogens (primary N) is 2. The molecule has 0 atom stereocenters. The van der Waals surface area contributed by atoms with Gasteiger partial charge >= 0.3 is 0 Å². The molecular weight excluding hydrogens is 248 g/mol. The van der Waals surface area contributed by atoms with Crippen molar-refractivity contribution >= 4 is 35.1 Å². The third-order valence-corrected chi connectivity index (χ3v) is 2.77. The van der Waals surface area contributed by atoms with E-state index in [0.717, 1.165) is 0 Å². The summed E-state index contributed by atoms with van der Waals surface area (Å²) in [6.45, 7) is 0. The van der Waals surface area contributed by atoms with Gasteiger partial charge in [0.05, 0.1) is 4.90 Å². The molecule has 16 heavy (non-hydrogen) atoms. The Labute approximate surface area is 100 Å². The predicted molar refractivity (Wildman–Crippen MR) is 62.0 cm³/mol. The Morgan fingerprint density at radius 2 is 2.00 bits per heavy atom. The fraction of sp³-hybridized carbons (Fsp3) is 0. The second-order valence-corrected chi connectivity index (χ2v) is 4.14. The van der Waals surface area contributed by atoms with Crippen LogP contribution in [0.2, 0.25) is 5.28 Å². The SMILES string of the molecule is Nc1nccc(Sc2cnc(Cl)nc2N)n1. The summed E-state index contributed by atoms with van der Waals surface area (Å²) in [5, 5.41) is 0.786. The highest BCUT2D eigenvalue weighted by atomic mass is 35.5. The number of halogens is 1. The fourth-order valence-electron chi connectivity index (χ4n) is 0.966. The van der Waals surface area contributed by atoms with E-state index < -0.39 is 0 Å². The van der Waals surface area contributed by atoms with Crippen molar-refractivity contribution < 1.29 is 0 Å². The molecule has 0 unspecified atom stereocenters. The van der Waals surface area contributed by atoms with Crippen LogP contribution in [0.4, 0.5) is 11.8 Å². The third kappa shape index (κ3) is 2.50. The molecule has 2 aromatic rings. The summed E-state index contributed by atoms with van der Waals surface area (Å²) in [5.41, 5.74) is 11.1. The van der Waals surface area contributed by atoms with Crippen molar-refractivity contribution in [3.8, 4) is 0 Å². The number of anilines is 2. The summed E-state index contributed by atoms with van der Waals surface area (Å²) in [5.74, 6) is 0.514. The molecule has 4 N–H and O–H groups in total. The van der Waals surface area contributed by atoms with Gasteiger partial charge in [0.1, 0.15) is 10.8 Å².